The van der Waals surface area contributed by atoms with Crippen LogP contribution in [0.15, 0.2) is 58.3 Å². The Kier molecular flexibility index (Phi) is 3.20. The number of benzene rings is 1. The fraction of sp³-hybridized carbons (Fsp3) is 0.133. The van der Waals surface area contributed by atoms with Crippen molar-refractivity contribution in [2.45, 2.75) is 6.92 Å². The first kappa shape index (κ1) is 12.7. The second-order valence-corrected chi connectivity index (χ2v) is 5.62. The summed E-state index contributed by atoms with van der Waals surface area (Å²) in [5.41, 5.74) is 3.42. The van der Waals surface area contributed by atoms with Crippen LogP contribution < -0.4 is 4.80 Å². The largest absolute Gasteiger partial charge is 0.318 e. The maximum atomic E-state index is 7.56. The third-order valence-electron chi connectivity index (χ3n) is 3.15. The zero-order valence-electron chi connectivity index (χ0n) is 11.3. The van der Waals surface area contributed by atoms with E-state index in [0.29, 0.717) is 5.71 Å². The molecule has 0 bridgehead atoms. The fourth-order valence-corrected chi connectivity index (χ4v) is 3.01. The van der Waals surface area contributed by atoms with Gasteiger partial charge in [0, 0.05) is 7.05 Å². The molecule has 0 saturated heterocycles. The summed E-state index contributed by atoms with van der Waals surface area (Å²) < 4.78 is 3.24. The average molecular weight is 282 g/mol. The number of allylic oxidation sites excluding steroid dienone is 4. The zero-order chi connectivity index (χ0) is 14.1. The van der Waals surface area contributed by atoms with E-state index in [1.54, 1.807) is 23.5 Å². The molecule has 0 radical (unpaired) electrons. The number of aromatic nitrogens is 1. The van der Waals surface area contributed by atoms with Crippen molar-refractivity contribution in [3.05, 3.63) is 52.9 Å². The van der Waals surface area contributed by atoms with Gasteiger partial charge in [-0.2, -0.15) is 0 Å². The predicted molar refractivity (Wildman–Crippen MR) is 84.4 cm³/mol. The standard InChI is InChI=1S/C15H14N4S/c1-10-9-11(16)7-8-12(10)17-18-15-19(2)13-5-3-4-6-14(13)20-15/h3-9,16H,1-2H3. The Morgan fingerprint density at radius 1 is 1.15 bits per heavy atom. The third-order valence-corrected chi connectivity index (χ3v) is 4.26. The molecule has 2 aromatic rings. The normalized spacial score (nSPS) is 18.1. The van der Waals surface area contributed by atoms with Crippen LogP contribution in [0.4, 0.5) is 0 Å². The van der Waals surface area contributed by atoms with Crippen molar-refractivity contribution >= 4 is 33.0 Å². The van der Waals surface area contributed by atoms with E-state index in [4.69, 9.17) is 5.41 Å². The summed E-state index contributed by atoms with van der Waals surface area (Å²) >= 11 is 1.62. The molecule has 0 atom stereocenters. The monoisotopic (exact) mass is 282 g/mol. The van der Waals surface area contributed by atoms with E-state index in [9.17, 15) is 0 Å². The quantitative estimate of drug-likeness (QED) is 0.617. The highest BCUT2D eigenvalue weighted by molar-refractivity contribution is 7.16. The van der Waals surface area contributed by atoms with Crippen LogP contribution in [0.2, 0.25) is 0 Å². The fourth-order valence-electron chi connectivity index (χ4n) is 2.04. The Morgan fingerprint density at radius 3 is 2.70 bits per heavy atom. The van der Waals surface area contributed by atoms with Crippen molar-refractivity contribution in [3.8, 4) is 0 Å². The molecule has 5 heteroatoms. The molecule has 100 valence electrons. The summed E-state index contributed by atoms with van der Waals surface area (Å²) in [6.07, 6.45) is 5.35. The van der Waals surface area contributed by atoms with E-state index < -0.39 is 0 Å². The van der Waals surface area contributed by atoms with Gasteiger partial charge < -0.3 is 9.98 Å². The molecule has 0 saturated carbocycles. The maximum absolute atomic E-state index is 7.56. The molecule has 20 heavy (non-hydrogen) atoms. The van der Waals surface area contributed by atoms with E-state index in [-0.39, 0.29) is 0 Å². The van der Waals surface area contributed by atoms with Gasteiger partial charge >= 0.3 is 0 Å². The smallest absolute Gasteiger partial charge is 0.211 e. The number of nitrogens with one attached hydrogen (secondary N) is 1. The van der Waals surface area contributed by atoms with Gasteiger partial charge in [-0.1, -0.05) is 23.5 Å². The molecular formula is C15H14N4S. The molecule has 0 amide bonds. The summed E-state index contributed by atoms with van der Waals surface area (Å²) in [5.74, 6) is 0. The minimum Gasteiger partial charge on any atom is -0.318 e. The number of para-hydroxylation sites is 1. The van der Waals surface area contributed by atoms with Gasteiger partial charge in [0.05, 0.1) is 21.6 Å². The number of nitrogens with zero attached hydrogens (tertiary/aromatic N) is 3. The predicted octanol–water partition coefficient (Wildman–Crippen LogP) is 3.03. The van der Waals surface area contributed by atoms with E-state index in [2.05, 4.69) is 22.3 Å². The molecule has 1 aliphatic carbocycles. The molecular weight excluding hydrogens is 268 g/mol. The molecule has 1 heterocycles. The molecule has 0 unspecified atom stereocenters. The van der Waals surface area contributed by atoms with Crippen LogP contribution in [0.1, 0.15) is 6.92 Å². The Labute approximate surface area is 120 Å². The molecule has 1 aromatic heterocycles. The van der Waals surface area contributed by atoms with E-state index in [0.717, 1.165) is 21.6 Å². The van der Waals surface area contributed by atoms with Crippen molar-refractivity contribution in [2.24, 2.45) is 17.3 Å². The highest BCUT2D eigenvalue weighted by Crippen LogP contribution is 2.15. The SMILES string of the molecule is CC1=CC(=N)C=CC1=NN=c1sc2ccccc2n1C. The van der Waals surface area contributed by atoms with Crippen molar-refractivity contribution < 1.29 is 0 Å². The van der Waals surface area contributed by atoms with Gasteiger partial charge in [0.25, 0.3) is 0 Å². The Morgan fingerprint density at radius 2 is 1.95 bits per heavy atom. The molecule has 3 rings (SSSR count). The average Bonchev–Trinajstić information content (AvgIpc) is 2.75. The number of thiazole rings is 1. The first-order chi connectivity index (χ1) is 9.65. The minimum absolute atomic E-state index is 0.494. The number of aryl methyl sites for hydroxylation is 1. The summed E-state index contributed by atoms with van der Waals surface area (Å²) in [5, 5.41) is 16.2. The van der Waals surface area contributed by atoms with Crippen LogP contribution in [0.3, 0.4) is 0 Å². The molecule has 1 N–H and O–H groups in total. The summed E-state index contributed by atoms with van der Waals surface area (Å²) in [7, 11) is 1.99. The Balaban J connectivity index is 2.08. The number of hydrogen-bond donors (Lipinski definition) is 1. The number of rotatable bonds is 1. The van der Waals surface area contributed by atoms with E-state index in [1.165, 1.54) is 4.70 Å². The lowest BCUT2D eigenvalue weighted by molar-refractivity contribution is 0.888. The van der Waals surface area contributed by atoms with Crippen LogP contribution in [0, 0.1) is 5.41 Å². The molecule has 0 aliphatic heterocycles. The van der Waals surface area contributed by atoms with E-state index >= 15 is 0 Å². The van der Waals surface area contributed by atoms with Crippen molar-refractivity contribution in [1.29, 1.82) is 5.41 Å². The highest BCUT2D eigenvalue weighted by Gasteiger charge is 2.05. The molecule has 0 fully saturated rings. The van der Waals surface area contributed by atoms with Crippen LogP contribution in [-0.2, 0) is 7.05 Å². The van der Waals surface area contributed by atoms with Crippen LogP contribution in [0.25, 0.3) is 10.2 Å². The van der Waals surface area contributed by atoms with Gasteiger partial charge in [-0.05, 0) is 42.9 Å². The first-order valence-corrected chi connectivity index (χ1v) is 7.08. The van der Waals surface area contributed by atoms with Gasteiger partial charge in [0.2, 0.25) is 4.80 Å². The van der Waals surface area contributed by atoms with Gasteiger partial charge in [-0.15, -0.1) is 10.2 Å². The van der Waals surface area contributed by atoms with Gasteiger partial charge in [-0.25, -0.2) is 0 Å². The number of fused-ring (bicyclic) bond motifs is 1. The molecule has 4 nitrogen and oxygen atoms in total. The van der Waals surface area contributed by atoms with Gasteiger partial charge in [0.1, 0.15) is 0 Å². The van der Waals surface area contributed by atoms with Crippen molar-refractivity contribution in [1.82, 2.24) is 4.57 Å². The molecule has 0 spiro atoms. The third kappa shape index (κ3) is 2.28. The maximum Gasteiger partial charge on any atom is 0.211 e. The van der Waals surface area contributed by atoms with Gasteiger partial charge in [0.15, 0.2) is 0 Å². The Hall–Kier alpha value is -2.27. The summed E-state index contributed by atoms with van der Waals surface area (Å²) in [4.78, 5) is 0.862. The van der Waals surface area contributed by atoms with Crippen molar-refractivity contribution in [3.63, 3.8) is 0 Å². The molecule has 1 aromatic carbocycles. The van der Waals surface area contributed by atoms with Crippen LogP contribution in [-0.4, -0.2) is 16.0 Å². The van der Waals surface area contributed by atoms with Gasteiger partial charge in [-0.3, -0.25) is 0 Å². The highest BCUT2D eigenvalue weighted by atomic mass is 32.1. The summed E-state index contributed by atoms with van der Waals surface area (Å²) in [6, 6.07) is 8.20. The van der Waals surface area contributed by atoms with E-state index in [1.807, 2.05) is 36.7 Å². The number of hydrogen-bond acceptors (Lipinski definition) is 4. The van der Waals surface area contributed by atoms with Crippen molar-refractivity contribution in [2.75, 3.05) is 0 Å². The summed E-state index contributed by atoms with van der Waals surface area (Å²) in [6.45, 7) is 1.94. The molecule has 1 aliphatic rings. The minimum atomic E-state index is 0.494. The second-order valence-electron chi connectivity index (χ2n) is 4.61. The lowest BCUT2D eigenvalue weighted by Gasteiger charge is -2.04. The second kappa shape index (κ2) is 5.02. The first-order valence-electron chi connectivity index (χ1n) is 6.27. The lowest BCUT2D eigenvalue weighted by Crippen LogP contribution is -2.10. The van der Waals surface area contributed by atoms with Crippen LogP contribution >= 0.6 is 11.3 Å². The lowest BCUT2D eigenvalue weighted by atomic mass is 10.0. The zero-order valence-corrected chi connectivity index (χ0v) is 12.1. The van der Waals surface area contributed by atoms with Crippen LogP contribution in [0.5, 0.6) is 0 Å². The Bertz CT molecular complexity index is 846. The topological polar surface area (TPSA) is 53.5 Å².